The predicted octanol–water partition coefficient (Wildman–Crippen LogP) is 3.28. The molecule has 1 amide bonds. The van der Waals surface area contributed by atoms with Crippen LogP contribution in [0.3, 0.4) is 0 Å². The summed E-state index contributed by atoms with van der Waals surface area (Å²) in [5, 5.41) is 6.67. The lowest BCUT2D eigenvalue weighted by Gasteiger charge is -2.30. The highest BCUT2D eigenvalue weighted by atomic mass is 16.6. The first-order valence-electron chi connectivity index (χ1n) is 11.4. The summed E-state index contributed by atoms with van der Waals surface area (Å²) in [6.07, 6.45) is -0.223. The summed E-state index contributed by atoms with van der Waals surface area (Å²) >= 11 is 0. The van der Waals surface area contributed by atoms with Gasteiger partial charge in [-0.05, 0) is 37.1 Å². The van der Waals surface area contributed by atoms with Gasteiger partial charge in [0.05, 0.1) is 20.8 Å². The van der Waals surface area contributed by atoms with E-state index in [-0.39, 0.29) is 6.09 Å². The number of piperazine rings is 1. The molecule has 0 saturated carbocycles. The predicted molar refractivity (Wildman–Crippen MR) is 132 cm³/mol. The van der Waals surface area contributed by atoms with Crippen LogP contribution in [0.15, 0.2) is 36.4 Å². The largest absolute Gasteiger partial charge is 0.497 e. The minimum Gasteiger partial charge on any atom is -0.497 e. The van der Waals surface area contributed by atoms with Crippen LogP contribution in [0.2, 0.25) is 0 Å². The third-order valence-electron chi connectivity index (χ3n) is 5.86. The van der Waals surface area contributed by atoms with Gasteiger partial charge >= 0.3 is 6.09 Å². The van der Waals surface area contributed by atoms with Crippen molar-refractivity contribution in [3.8, 4) is 11.5 Å². The second-order valence-corrected chi connectivity index (χ2v) is 8.10. The molecule has 2 aliphatic rings. The number of aryl methyl sites for hydroxylation is 2. The van der Waals surface area contributed by atoms with Crippen LogP contribution >= 0.6 is 0 Å². The molecule has 2 N–H and O–H groups in total. The van der Waals surface area contributed by atoms with Crippen LogP contribution in [-0.2, 0) is 4.74 Å². The van der Waals surface area contributed by atoms with E-state index in [1.54, 1.807) is 19.1 Å². The fraction of sp³-hybridized carbons (Fsp3) is 0.480. The highest BCUT2D eigenvalue weighted by Gasteiger charge is 2.20. The van der Waals surface area contributed by atoms with E-state index in [9.17, 15) is 4.79 Å². The van der Waals surface area contributed by atoms with Crippen molar-refractivity contribution in [1.29, 1.82) is 0 Å². The molecule has 4 rings (SSSR count). The molecular weight excluding hydrogens is 420 g/mol. The zero-order chi connectivity index (χ0) is 23.6. The van der Waals surface area contributed by atoms with Crippen LogP contribution in [0.5, 0.6) is 11.5 Å². The number of cyclic esters (lactones) is 1. The first kappa shape index (κ1) is 24.5. The average molecular weight is 457 g/mol. The maximum atomic E-state index is 11.2. The Morgan fingerprint density at radius 1 is 0.970 bits per heavy atom. The summed E-state index contributed by atoms with van der Waals surface area (Å²) in [6.45, 7) is 11.0. The van der Waals surface area contributed by atoms with E-state index >= 15 is 0 Å². The van der Waals surface area contributed by atoms with E-state index in [1.807, 2.05) is 31.2 Å². The Kier molecular flexibility index (Phi) is 9.06. The van der Waals surface area contributed by atoms with Crippen LogP contribution < -0.4 is 25.0 Å². The molecule has 0 aliphatic carbocycles. The molecule has 8 nitrogen and oxygen atoms in total. The van der Waals surface area contributed by atoms with Crippen LogP contribution in [0.4, 0.5) is 16.2 Å². The highest BCUT2D eigenvalue weighted by molar-refractivity contribution is 5.69. The molecule has 2 saturated heterocycles. The number of methoxy groups -OCH3 is 2. The molecular formula is C25H36N4O4. The summed E-state index contributed by atoms with van der Waals surface area (Å²) < 4.78 is 15.3. The maximum Gasteiger partial charge on any atom is 0.409 e. The number of carbonyl (C=O) groups is 1. The van der Waals surface area contributed by atoms with E-state index in [4.69, 9.17) is 14.2 Å². The van der Waals surface area contributed by atoms with Crippen LogP contribution in [0.25, 0.3) is 0 Å². The van der Waals surface area contributed by atoms with Gasteiger partial charge in [-0.15, -0.1) is 0 Å². The number of carbonyl (C=O) groups excluding carboxylic acids is 1. The van der Waals surface area contributed by atoms with Crippen molar-refractivity contribution >= 4 is 17.5 Å². The van der Waals surface area contributed by atoms with Crippen LogP contribution in [-0.4, -0.2) is 77.6 Å². The number of rotatable bonds is 7. The lowest BCUT2D eigenvalue weighted by atomic mass is 10.1. The maximum absolute atomic E-state index is 11.2. The first-order chi connectivity index (χ1) is 16.0. The van der Waals surface area contributed by atoms with Crippen molar-refractivity contribution < 1.29 is 19.0 Å². The van der Waals surface area contributed by atoms with Gasteiger partial charge in [0, 0.05) is 62.8 Å². The van der Waals surface area contributed by atoms with Crippen molar-refractivity contribution in [1.82, 2.24) is 10.2 Å². The molecule has 0 spiro atoms. The molecule has 180 valence electrons. The Morgan fingerprint density at radius 2 is 1.64 bits per heavy atom. The second-order valence-electron chi connectivity index (χ2n) is 8.10. The molecule has 0 aromatic heterocycles. The molecule has 0 unspecified atom stereocenters. The van der Waals surface area contributed by atoms with E-state index < -0.39 is 0 Å². The highest BCUT2D eigenvalue weighted by Crippen LogP contribution is 2.25. The smallest absolute Gasteiger partial charge is 0.409 e. The molecule has 0 atom stereocenters. The summed E-state index contributed by atoms with van der Waals surface area (Å²) in [4.78, 5) is 15.3. The fourth-order valence-corrected chi connectivity index (χ4v) is 3.84. The quantitative estimate of drug-likeness (QED) is 0.662. The first-order valence-corrected chi connectivity index (χ1v) is 11.4. The Morgan fingerprint density at radius 3 is 2.27 bits per heavy atom. The third-order valence-corrected chi connectivity index (χ3v) is 5.86. The number of nitrogens with one attached hydrogen (secondary N) is 2. The zero-order valence-corrected chi connectivity index (χ0v) is 20.1. The Bertz CT molecular complexity index is 915. The summed E-state index contributed by atoms with van der Waals surface area (Å²) in [7, 11) is 3.36. The molecule has 2 aromatic rings. The number of hydrogen-bond donors (Lipinski definition) is 2. The Labute approximate surface area is 196 Å². The van der Waals surface area contributed by atoms with Gasteiger partial charge in [-0.25, -0.2) is 4.79 Å². The molecule has 2 aliphatic heterocycles. The van der Waals surface area contributed by atoms with Gasteiger partial charge in [0.25, 0.3) is 0 Å². The number of hydrogen-bond acceptors (Lipinski definition) is 7. The molecule has 2 heterocycles. The van der Waals surface area contributed by atoms with E-state index in [0.29, 0.717) is 26.2 Å². The van der Waals surface area contributed by atoms with Crippen LogP contribution in [0.1, 0.15) is 11.1 Å². The van der Waals surface area contributed by atoms with Crippen molar-refractivity contribution in [2.75, 3.05) is 76.9 Å². The van der Waals surface area contributed by atoms with Gasteiger partial charge in [0.15, 0.2) is 0 Å². The number of nitrogens with zero attached hydrogens (tertiary/aromatic N) is 2. The average Bonchev–Trinajstić information content (AvgIpc) is 3.26. The number of ether oxygens (including phenoxy) is 3. The number of benzene rings is 2. The summed E-state index contributed by atoms with van der Waals surface area (Å²) in [5.74, 6) is 1.76. The number of amides is 1. The molecule has 0 bridgehead atoms. The molecule has 33 heavy (non-hydrogen) atoms. The van der Waals surface area contributed by atoms with Gasteiger partial charge in [-0.1, -0.05) is 12.1 Å². The standard InChI is InChI=1S/C13H18N2O3.C12H18N2O/c1-10-3-4-11(17-2)9-12(10)14-5-6-15-7-8-18-13(15)16;1-10-3-4-11(15-2)9-12(10)14-7-5-13-6-8-14/h3-4,9,14H,5-8H2,1-2H3;3-4,9,13H,5-8H2,1-2H3. The Balaban J connectivity index is 0.000000189. The van der Waals surface area contributed by atoms with Gasteiger partial charge in [-0.2, -0.15) is 0 Å². The fourth-order valence-electron chi connectivity index (χ4n) is 3.84. The van der Waals surface area contributed by atoms with Crippen molar-refractivity contribution in [2.45, 2.75) is 13.8 Å². The summed E-state index contributed by atoms with van der Waals surface area (Å²) in [6, 6.07) is 12.2. The third kappa shape index (κ3) is 6.92. The van der Waals surface area contributed by atoms with Crippen molar-refractivity contribution in [3.05, 3.63) is 47.5 Å². The summed E-state index contributed by atoms with van der Waals surface area (Å²) in [5.41, 5.74) is 4.80. The van der Waals surface area contributed by atoms with E-state index in [1.165, 1.54) is 11.3 Å². The normalized spacial score (nSPS) is 15.5. The Hall–Kier alpha value is -3.13. The second kappa shape index (κ2) is 12.2. The van der Waals surface area contributed by atoms with Gasteiger partial charge in [-0.3, -0.25) is 0 Å². The van der Waals surface area contributed by atoms with E-state index in [0.717, 1.165) is 48.9 Å². The van der Waals surface area contributed by atoms with Gasteiger partial charge < -0.3 is 34.6 Å². The topological polar surface area (TPSA) is 75.3 Å². The SMILES string of the molecule is COc1ccc(C)c(N2CCNCC2)c1.COc1ccc(C)c(NCCN2CCOC2=O)c1. The molecule has 0 radical (unpaired) electrons. The van der Waals surface area contributed by atoms with Gasteiger partial charge in [0.2, 0.25) is 0 Å². The minimum absolute atomic E-state index is 0.223. The monoisotopic (exact) mass is 456 g/mol. The van der Waals surface area contributed by atoms with Crippen molar-refractivity contribution in [2.24, 2.45) is 0 Å². The van der Waals surface area contributed by atoms with Crippen molar-refractivity contribution in [3.63, 3.8) is 0 Å². The minimum atomic E-state index is -0.223. The van der Waals surface area contributed by atoms with Crippen LogP contribution in [0, 0.1) is 13.8 Å². The van der Waals surface area contributed by atoms with E-state index in [2.05, 4.69) is 34.6 Å². The lowest BCUT2D eigenvalue weighted by molar-refractivity contribution is 0.159. The molecule has 2 fully saturated rings. The number of anilines is 2. The zero-order valence-electron chi connectivity index (χ0n) is 20.1. The molecule has 2 aromatic carbocycles. The van der Waals surface area contributed by atoms with Gasteiger partial charge in [0.1, 0.15) is 18.1 Å². The molecule has 8 heteroatoms. The lowest BCUT2D eigenvalue weighted by Crippen LogP contribution is -2.43.